The van der Waals surface area contributed by atoms with Crippen LogP contribution in [0.4, 0.5) is 0 Å². The number of fused-ring (bicyclic) bond motifs is 1. The maximum absolute atomic E-state index is 12.3. The summed E-state index contributed by atoms with van der Waals surface area (Å²) in [6.07, 6.45) is -1.94. The van der Waals surface area contributed by atoms with Gasteiger partial charge in [0.25, 0.3) is 0 Å². The van der Waals surface area contributed by atoms with E-state index in [0.29, 0.717) is 11.1 Å². The summed E-state index contributed by atoms with van der Waals surface area (Å²) in [5.74, 6) is 2.88. The quantitative estimate of drug-likeness (QED) is 0.262. The van der Waals surface area contributed by atoms with Crippen LogP contribution < -0.4 is 0 Å². The van der Waals surface area contributed by atoms with E-state index in [1.807, 2.05) is 12.1 Å². The molecule has 3 rings (SSSR count). The molecule has 0 amide bonds. The summed E-state index contributed by atoms with van der Waals surface area (Å²) in [6, 6.07) is 3.81. The minimum Gasteiger partial charge on any atom is -0.463 e. The number of nitrogens with zero attached hydrogens (tertiary/aromatic N) is 2. The van der Waals surface area contributed by atoms with Crippen molar-refractivity contribution in [1.82, 2.24) is 9.78 Å². The van der Waals surface area contributed by atoms with E-state index in [-0.39, 0.29) is 12.5 Å². The van der Waals surface area contributed by atoms with Gasteiger partial charge in [0.2, 0.25) is 5.91 Å². The van der Waals surface area contributed by atoms with Gasteiger partial charge in [0.1, 0.15) is 12.7 Å². The molecular formula is C29H34N2O10. The van der Waals surface area contributed by atoms with Crippen LogP contribution in [0.25, 0.3) is 10.9 Å². The zero-order chi connectivity index (χ0) is 30.3. The summed E-state index contributed by atoms with van der Waals surface area (Å²) in [5.41, 5.74) is 1.97. The summed E-state index contributed by atoms with van der Waals surface area (Å²) in [5, 5.41) is 4.93. The second kappa shape index (κ2) is 13.9. The summed E-state index contributed by atoms with van der Waals surface area (Å²) < 4.78 is 28.8. The molecule has 12 heteroatoms. The number of aryl methyl sites for hydroxylation is 1. The zero-order valence-corrected chi connectivity index (χ0v) is 23.9. The average molecular weight is 571 g/mol. The molecule has 0 N–H and O–H groups in total. The Morgan fingerprint density at radius 3 is 2.12 bits per heavy atom. The van der Waals surface area contributed by atoms with Gasteiger partial charge in [0.15, 0.2) is 24.4 Å². The van der Waals surface area contributed by atoms with Gasteiger partial charge in [-0.3, -0.25) is 24.0 Å². The maximum atomic E-state index is 12.3. The van der Waals surface area contributed by atoms with E-state index < -0.39 is 54.4 Å². The van der Waals surface area contributed by atoms with Crippen LogP contribution in [0.2, 0.25) is 0 Å². The number of esters is 4. The van der Waals surface area contributed by atoms with Crippen molar-refractivity contribution in [3.63, 3.8) is 0 Å². The highest BCUT2D eigenvalue weighted by Crippen LogP contribution is 2.30. The van der Waals surface area contributed by atoms with Gasteiger partial charge in [-0.1, -0.05) is 25.2 Å². The van der Waals surface area contributed by atoms with Gasteiger partial charge in [0, 0.05) is 40.0 Å². The van der Waals surface area contributed by atoms with Crippen molar-refractivity contribution < 1.29 is 47.7 Å². The molecule has 0 spiro atoms. The number of benzene rings is 1. The van der Waals surface area contributed by atoms with Gasteiger partial charge in [-0.25, -0.2) is 0 Å². The number of aromatic nitrogens is 2. The van der Waals surface area contributed by atoms with Crippen LogP contribution in [-0.4, -0.2) is 76.7 Å². The lowest BCUT2D eigenvalue weighted by Gasteiger charge is -2.42. The number of unbranched alkanes of at least 4 members (excludes halogenated alkanes) is 1. The molecule has 1 aliphatic rings. The van der Waals surface area contributed by atoms with Crippen LogP contribution in [0.3, 0.4) is 0 Å². The van der Waals surface area contributed by atoms with Crippen LogP contribution in [0.15, 0.2) is 18.3 Å². The molecule has 41 heavy (non-hydrogen) atoms. The molecule has 2 aromatic rings. The Balaban J connectivity index is 2.15. The van der Waals surface area contributed by atoms with Crippen LogP contribution >= 0.6 is 0 Å². The number of hydrogen-bond acceptors (Lipinski definition) is 11. The largest absolute Gasteiger partial charge is 0.463 e. The van der Waals surface area contributed by atoms with Crippen LogP contribution in [0, 0.1) is 11.8 Å². The smallest absolute Gasteiger partial charge is 0.303 e. The first kappa shape index (κ1) is 31.3. The highest BCUT2D eigenvalue weighted by molar-refractivity contribution is 5.93. The fourth-order valence-electron chi connectivity index (χ4n) is 4.58. The summed E-state index contributed by atoms with van der Waals surface area (Å²) >= 11 is 0. The van der Waals surface area contributed by atoms with E-state index in [9.17, 15) is 24.0 Å². The van der Waals surface area contributed by atoms with Gasteiger partial charge in [-0.2, -0.15) is 9.78 Å². The lowest BCUT2D eigenvalue weighted by atomic mass is 9.94. The van der Waals surface area contributed by atoms with Crippen LogP contribution in [-0.2, 0) is 49.3 Å². The van der Waals surface area contributed by atoms with Crippen LogP contribution in [0.5, 0.6) is 0 Å². The number of hydrogen-bond donors (Lipinski definition) is 0. The Labute approximate surface area is 237 Å². The van der Waals surface area contributed by atoms with Crippen molar-refractivity contribution in [1.29, 1.82) is 0 Å². The van der Waals surface area contributed by atoms with Crippen molar-refractivity contribution in [3.05, 3.63) is 29.5 Å². The van der Waals surface area contributed by atoms with Gasteiger partial charge < -0.3 is 23.7 Å². The first-order chi connectivity index (χ1) is 19.4. The van der Waals surface area contributed by atoms with Gasteiger partial charge in [0.05, 0.1) is 17.3 Å². The Bertz CT molecular complexity index is 1390. The van der Waals surface area contributed by atoms with Crippen molar-refractivity contribution >= 4 is 40.7 Å². The Morgan fingerprint density at radius 1 is 0.902 bits per heavy atom. The second-order valence-corrected chi connectivity index (χ2v) is 9.65. The Hall–Kier alpha value is -4.24. The average Bonchev–Trinajstić information content (AvgIpc) is 3.31. The normalized spacial score (nSPS) is 21.8. The van der Waals surface area contributed by atoms with Crippen molar-refractivity contribution in [2.45, 2.75) is 91.3 Å². The highest BCUT2D eigenvalue weighted by Gasteiger charge is 2.51. The van der Waals surface area contributed by atoms with Crippen molar-refractivity contribution in [3.8, 4) is 11.8 Å². The molecule has 5 atom stereocenters. The molecule has 0 unspecified atom stereocenters. The number of carbonyl (C=O) groups is 5. The third kappa shape index (κ3) is 8.14. The van der Waals surface area contributed by atoms with E-state index in [1.54, 1.807) is 6.20 Å². The molecular weight excluding hydrogens is 536 g/mol. The summed E-state index contributed by atoms with van der Waals surface area (Å²) in [6.45, 7) is 7.76. The lowest BCUT2D eigenvalue weighted by Crippen LogP contribution is -2.62. The number of carbonyl (C=O) groups excluding carboxylic acids is 5. The number of rotatable bonds is 8. The molecule has 0 radical (unpaired) electrons. The fraction of sp³-hybridized carbons (Fsp3) is 0.517. The first-order valence-corrected chi connectivity index (χ1v) is 13.2. The molecule has 12 nitrogen and oxygen atoms in total. The van der Waals surface area contributed by atoms with E-state index in [4.69, 9.17) is 23.7 Å². The Morgan fingerprint density at radius 2 is 1.54 bits per heavy atom. The third-order valence-electron chi connectivity index (χ3n) is 6.18. The fourth-order valence-corrected chi connectivity index (χ4v) is 4.58. The van der Waals surface area contributed by atoms with Gasteiger partial charge >= 0.3 is 23.9 Å². The van der Waals surface area contributed by atoms with Gasteiger partial charge in [-0.05, 0) is 30.5 Å². The SMILES string of the molecule is CCCCc1cc(C#C[C@H]2O[C@H](COC(C)=O)[C@@H](OC(C)=O)[C@H](OC(C)=O)[C@@H]2OC(C)=O)c2c(cnn2C(C)=O)c1. The zero-order valence-electron chi connectivity index (χ0n) is 23.9. The van der Waals surface area contributed by atoms with Gasteiger partial charge in [-0.15, -0.1) is 0 Å². The minimum atomic E-state index is -1.33. The molecule has 1 aromatic heterocycles. The standard InChI is InChI=1S/C29H34N2O10/c1-7-8-9-21-12-22(26-23(13-21)14-30-31(26)16(2)32)10-11-24-27(38-18(4)34)29(40-20(6)36)28(39-19(5)35)25(41-24)15-37-17(3)33/h12-14,24-25,27-29H,7-9,15H2,1-6H3/t24-,25-,27-,28-,29-/m1/s1. The maximum Gasteiger partial charge on any atom is 0.303 e. The summed E-state index contributed by atoms with van der Waals surface area (Å²) in [4.78, 5) is 60.0. The molecule has 0 aliphatic carbocycles. The molecule has 0 saturated carbocycles. The Kier molecular flexibility index (Phi) is 10.6. The molecule has 220 valence electrons. The first-order valence-electron chi connectivity index (χ1n) is 13.2. The predicted molar refractivity (Wildman–Crippen MR) is 143 cm³/mol. The third-order valence-corrected chi connectivity index (χ3v) is 6.18. The second-order valence-electron chi connectivity index (χ2n) is 9.65. The van der Waals surface area contributed by atoms with Crippen molar-refractivity contribution in [2.24, 2.45) is 0 Å². The molecule has 0 bridgehead atoms. The number of ether oxygens (including phenoxy) is 5. The van der Waals surface area contributed by atoms with E-state index in [1.165, 1.54) is 18.5 Å². The summed E-state index contributed by atoms with van der Waals surface area (Å²) in [7, 11) is 0. The van der Waals surface area contributed by atoms with E-state index >= 15 is 0 Å². The molecule has 1 aromatic carbocycles. The predicted octanol–water partition coefficient (Wildman–Crippen LogP) is 2.52. The van der Waals surface area contributed by atoms with Crippen molar-refractivity contribution in [2.75, 3.05) is 6.61 Å². The van der Waals surface area contributed by atoms with E-state index in [0.717, 1.165) is 51.0 Å². The molecule has 1 fully saturated rings. The van der Waals surface area contributed by atoms with Crippen LogP contribution in [0.1, 0.15) is 70.3 Å². The lowest BCUT2D eigenvalue weighted by molar-refractivity contribution is -0.242. The highest BCUT2D eigenvalue weighted by atomic mass is 16.7. The minimum absolute atomic E-state index is 0.309. The monoisotopic (exact) mass is 570 g/mol. The molecule has 2 heterocycles. The topological polar surface area (TPSA) is 149 Å². The van der Waals surface area contributed by atoms with E-state index in [2.05, 4.69) is 23.9 Å². The molecule has 1 aliphatic heterocycles. The molecule has 1 saturated heterocycles.